The molecule has 1 N–H and O–H groups in total. The van der Waals surface area contributed by atoms with Crippen LogP contribution in [0.3, 0.4) is 0 Å². The van der Waals surface area contributed by atoms with Crippen molar-refractivity contribution in [2.75, 3.05) is 11.9 Å². The first kappa shape index (κ1) is 11.5. The molecule has 4 nitrogen and oxygen atoms in total. The molecule has 1 aromatic carbocycles. The number of fused-ring (bicyclic) bond motifs is 2. The second-order valence-corrected chi connectivity index (χ2v) is 5.26. The lowest BCUT2D eigenvalue weighted by Crippen LogP contribution is -2.11. The molecule has 0 radical (unpaired) electrons. The van der Waals surface area contributed by atoms with Gasteiger partial charge in [-0.2, -0.15) is 0 Å². The highest BCUT2D eigenvalue weighted by Crippen LogP contribution is 2.29. The highest BCUT2D eigenvalue weighted by atomic mass is 15.1. The monoisotopic (exact) mass is 264 g/mol. The van der Waals surface area contributed by atoms with E-state index in [1.165, 1.54) is 23.2 Å². The van der Waals surface area contributed by atoms with E-state index >= 15 is 0 Å². The van der Waals surface area contributed by atoms with E-state index in [9.17, 15) is 0 Å². The zero-order valence-electron chi connectivity index (χ0n) is 11.4. The Hall–Kier alpha value is -2.36. The molecule has 20 heavy (non-hydrogen) atoms. The summed E-state index contributed by atoms with van der Waals surface area (Å²) in [5.74, 6) is 1.00. The van der Waals surface area contributed by atoms with E-state index in [0.29, 0.717) is 0 Å². The Morgan fingerprint density at radius 1 is 1.25 bits per heavy atom. The molecule has 0 saturated carbocycles. The molecule has 0 fully saturated rings. The molecule has 0 saturated heterocycles. The minimum atomic E-state index is 0.945. The predicted octanol–water partition coefficient (Wildman–Crippen LogP) is 2.99. The van der Waals surface area contributed by atoms with Crippen LogP contribution in [0, 0.1) is 0 Å². The van der Waals surface area contributed by atoms with Crippen LogP contribution >= 0.6 is 0 Å². The van der Waals surface area contributed by atoms with Gasteiger partial charge in [0, 0.05) is 31.0 Å². The van der Waals surface area contributed by atoms with E-state index < -0.39 is 0 Å². The highest BCUT2D eigenvalue weighted by Gasteiger charge is 2.13. The Balaban J connectivity index is 1.88. The molecule has 3 aromatic rings. The zero-order chi connectivity index (χ0) is 13.5. The maximum atomic E-state index is 4.71. The predicted molar refractivity (Wildman–Crippen MR) is 80.8 cm³/mol. The molecule has 4 heteroatoms. The number of imidazole rings is 1. The molecule has 0 spiro atoms. The SMILES string of the molecule is Cn1c(-c2ccc3c(c2)CCCN3)nc2cnccc21. The fraction of sp³-hybridized carbons (Fsp3) is 0.250. The number of anilines is 1. The average molecular weight is 264 g/mol. The summed E-state index contributed by atoms with van der Waals surface area (Å²) in [6, 6.07) is 8.58. The highest BCUT2D eigenvalue weighted by molar-refractivity contribution is 5.80. The van der Waals surface area contributed by atoms with Crippen molar-refractivity contribution in [1.82, 2.24) is 14.5 Å². The van der Waals surface area contributed by atoms with Crippen LogP contribution in [0.2, 0.25) is 0 Å². The number of rotatable bonds is 1. The van der Waals surface area contributed by atoms with Crippen LogP contribution in [0.15, 0.2) is 36.7 Å². The average Bonchev–Trinajstić information content (AvgIpc) is 2.84. The van der Waals surface area contributed by atoms with Gasteiger partial charge in [-0.3, -0.25) is 4.98 Å². The number of hydrogen-bond donors (Lipinski definition) is 1. The second-order valence-electron chi connectivity index (χ2n) is 5.26. The van der Waals surface area contributed by atoms with E-state index in [4.69, 9.17) is 4.98 Å². The minimum Gasteiger partial charge on any atom is -0.385 e. The number of hydrogen-bond acceptors (Lipinski definition) is 3. The number of nitrogens with zero attached hydrogens (tertiary/aromatic N) is 3. The fourth-order valence-corrected chi connectivity index (χ4v) is 2.92. The summed E-state index contributed by atoms with van der Waals surface area (Å²) >= 11 is 0. The number of aryl methyl sites for hydroxylation is 2. The normalized spacial score (nSPS) is 14.1. The molecule has 0 amide bonds. The molecule has 3 heterocycles. The molecule has 4 rings (SSSR count). The molecule has 1 aliphatic heterocycles. The van der Waals surface area contributed by atoms with E-state index in [0.717, 1.165) is 29.8 Å². The van der Waals surface area contributed by atoms with Crippen LogP contribution in [0.25, 0.3) is 22.4 Å². The number of pyridine rings is 1. The number of benzene rings is 1. The quantitative estimate of drug-likeness (QED) is 0.734. The standard InChI is InChI=1S/C16H16N4/c1-20-15-6-8-17-10-14(15)19-16(20)12-4-5-13-11(9-12)3-2-7-18-13/h4-6,8-10,18H,2-3,7H2,1H3. The van der Waals surface area contributed by atoms with Crippen molar-refractivity contribution in [2.24, 2.45) is 7.05 Å². The van der Waals surface area contributed by atoms with Crippen LogP contribution in [-0.2, 0) is 13.5 Å². The van der Waals surface area contributed by atoms with Gasteiger partial charge >= 0.3 is 0 Å². The Bertz CT molecular complexity index is 788. The fourth-order valence-electron chi connectivity index (χ4n) is 2.92. The summed E-state index contributed by atoms with van der Waals surface area (Å²) in [5, 5.41) is 3.45. The molecule has 0 atom stereocenters. The summed E-state index contributed by atoms with van der Waals surface area (Å²) < 4.78 is 2.13. The van der Waals surface area contributed by atoms with Crippen LogP contribution in [-0.4, -0.2) is 21.1 Å². The first-order valence-electron chi connectivity index (χ1n) is 6.96. The Labute approximate surface area is 117 Å². The maximum absolute atomic E-state index is 4.71. The lowest BCUT2D eigenvalue weighted by Gasteiger charge is -2.18. The van der Waals surface area contributed by atoms with Gasteiger partial charge in [0.05, 0.1) is 11.7 Å². The van der Waals surface area contributed by atoms with E-state index in [-0.39, 0.29) is 0 Å². The number of aromatic nitrogens is 3. The van der Waals surface area contributed by atoms with Gasteiger partial charge in [0.15, 0.2) is 0 Å². The second kappa shape index (κ2) is 4.34. The van der Waals surface area contributed by atoms with Gasteiger partial charge in [0.1, 0.15) is 11.3 Å². The van der Waals surface area contributed by atoms with Gasteiger partial charge in [-0.15, -0.1) is 0 Å². The first-order chi connectivity index (χ1) is 9.83. The first-order valence-corrected chi connectivity index (χ1v) is 6.96. The Kier molecular flexibility index (Phi) is 2.49. The molecule has 2 aromatic heterocycles. The van der Waals surface area contributed by atoms with E-state index in [2.05, 4.69) is 40.1 Å². The summed E-state index contributed by atoms with van der Waals surface area (Å²) in [4.78, 5) is 8.86. The molecular weight excluding hydrogens is 248 g/mol. The van der Waals surface area contributed by atoms with Crippen molar-refractivity contribution in [1.29, 1.82) is 0 Å². The van der Waals surface area contributed by atoms with Crippen molar-refractivity contribution in [3.63, 3.8) is 0 Å². The van der Waals surface area contributed by atoms with Crippen molar-refractivity contribution >= 4 is 16.7 Å². The third kappa shape index (κ3) is 1.68. The lowest BCUT2D eigenvalue weighted by molar-refractivity contribution is 0.830. The molecule has 1 aliphatic rings. The molecule has 0 aliphatic carbocycles. The van der Waals surface area contributed by atoms with Gasteiger partial charge < -0.3 is 9.88 Å². The minimum absolute atomic E-state index is 0.945. The summed E-state index contributed by atoms with van der Waals surface area (Å²) in [6.07, 6.45) is 5.97. The Morgan fingerprint density at radius 3 is 3.10 bits per heavy atom. The van der Waals surface area contributed by atoms with Crippen molar-refractivity contribution in [3.8, 4) is 11.4 Å². The molecule has 100 valence electrons. The van der Waals surface area contributed by atoms with Crippen LogP contribution in [0.4, 0.5) is 5.69 Å². The smallest absolute Gasteiger partial charge is 0.140 e. The zero-order valence-corrected chi connectivity index (χ0v) is 11.4. The van der Waals surface area contributed by atoms with E-state index in [1.54, 1.807) is 0 Å². The third-order valence-electron chi connectivity index (χ3n) is 3.98. The maximum Gasteiger partial charge on any atom is 0.140 e. The van der Waals surface area contributed by atoms with Gasteiger partial charge in [-0.1, -0.05) is 0 Å². The van der Waals surface area contributed by atoms with Gasteiger partial charge in [-0.05, 0) is 42.7 Å². The van der Waals surface area contributed by atoms with Crippen LogP contribution in [0.5, 0.6) is 0 Å². The topological polar surface area (TPSA) is 42.7 Å². The molecule has 0 unspecified atom stereocenters. The van der Waals surface area contributed by atoms with Crippen molar-refractivity contribution in [2.45, 2.75) is 12.8 Å². The van der Waals surface area contributed by atoms with Crippen molar-refractivity contribution in [3.05, 3.63) is 42.2 Å². The summed E-state index contributed by atoms with van der Waals surface area (Å²) in [7, 11) is 2.06. The lowest BCUT2D eigenvalue weighted by atomic mass is 10.0. The Morgan fingerprint density at radius 2 is 2.20 bits per heavy atom. The summed E-state index contributed by atoms with van der Waals surface area (Å²) in [6.45, 7) is 1.07. The van der Waals surface area contributed by atoms with E-state index in [1.807, 2.05) is 18.5 Å². The number of nitrogens with one attached hydrogen (secondary N) is 1. The third-order valence-corrected chi connectivity index (χ3v) is 3.98. The van der Waals surface area contributed by atoms with Gasteiger partial charge in [0.2, 0.25) is 0 Å². The van der Waals surface area contributed by atoms with Crippen molar-refractivity contribution < 1.29 is 0 Å². The van der Waals surface area contributed by atoms with Crippen LogP contribution in [0.1, 0.15) is 12.0 Å². The molecular formula is C16H16N4. The van der Waals surface area contributed by atoms with Gasteiger partial charge in [0.25, 0.3) is 0 Å². The molecule has 0 bridgehead atoms. The van der Waals surface area contributed by atoms with Crippen LogP contribution < -0.4 is 5.32 Å². The van der Waals surface area contributed by atoms with Gasteiger partial charge in [-0.25, -0.2) is 4.98 Å². The largest absolute Gasteiger partial charge is 0.385 e. The summed E-state index contributed by atoms with van der Waals surface area (Å²) in [5.41, 5.74) is 5.89.